The van der Waals surface area contributed by atoms with Gasteiger partial charge in [0, 0.05) is 13.1 Å². The van der Waals surface area contributed by atoms with Gasteiger partial charge in [0.25, 0.3) is 15.9 Å². The Morgan fingerprint density at radius 2 is 1.85 bits per heavy atom. The van der Waals surface area contributed by atoms with Crippen LogP contribution in [0.2, 0.25) is 5.02 Å². The number of carbonyl (C=O) groups excluding carboxylic acids is 1. The molecule has 0 aliphatic heterocycles. The molecule has 0 radical (unpaired) electrons. The lowest BCUT2D eigenvalue weighted by atomic mass is 10.2. The monoisotopic (exact) mass is 488 g/mol. The summed E-state index contributed by atoms with van der Waals surface area (Å²) in [5.41, 5.74) is 0.525. The molecule has 1 aliphatic rings. The Hall–Kier alpha value is -3.04. The van der Waals surface area contributed by atoms with Crippen LogP contribution in [0.15, 0.2) is 59.6 Å². The molecule has 1 fully saturated rings. The second-order valence-corrected chi connectivity index (χ2v) is 10.2. The summed E-state index contributed by atoms with van der Waals surface area (Å²) in [5.74, 6) is 0.683. The molecule has 0 atom stereocenters. The molecule has 1 heterocycles. The number of sulfonamides is 1. The third kappa shape index (κ3) is 4.69. The van der Waals surface area contributed by atoms with Crippen molar-refractivity contribution in [3.8, 4) is 5.75 Å². The second kappa shape index (κ2) is 9.44. The molecule has 1 N–H and O–H groups in total. The first-order valence-corrected chi connectivity index (χ1v) is 12.4. The van der Waals surface area contributed by atoms with Crippen LogP contribution in [-0.2, 0) is 10.0 Å². The Morgan fingerprint density at radius 3 is 2.52 bits per heavy atom. The van der Waals surface area contributed by atoms with Gasteiger partial charge in [-0.25, -0.2) is 13.1 Å². The fourth-order valence-corrected chi connectivity index (χ4v) is 5.39. The zero-order valence-electron chi connectivity index (χ0n) is 18.4. The number of hydrogen-bond donors (Lipinski definition) is 1. The Kier molecular flexibility index (Phi) is 6.62. The lowest BCUT2D eigenvalue weighted by Gasteiger charge is -2.20. The van der Waals surface area contributed by atoms with E-state index in [1.807, 2.05) is 4.68 Å². The van der Waals surface area contributed by atoms with E-state index in [1.165, 1.54) is 32.4 Å². The number of ether oxygens (including phenoxy) is 1. The molecule has 0 bridgehead atoms. The predicted molar refractivity (Wildman–Crippen MR) is 128 cm³/mol. The highest BCUT2D eigenvalue weighted by Gasteiger charge is 2.25. The van der Waals surface area contributed by atoms with E-state index in [4.69, 9.17) is 16.3 Å². The van der Waals surface area contributed by atoms with Gasteiger partial charge >= 0.3 is 0 Å². The van der Waals surface area contributed by atoms with E-state index in [1.54, 1.807) is 36.5 Å². The van der Waals surface area contributed by atoms with E-state index in [9.17, 15) is 13.2 Å². The zero-order chi connectivity index (χ0) is 23.6. The molecule has 4 rings (SSSR count). The highest BCUT2D eigenvalue weighted by atomic mass is 35.5. The third-order valence-corrected chi connectivity index (χ3v) is 7.97. The predicted octanol–water partition coefficient (Wildman–Crippen LogP) is 4.74. The fourth-order valence-electron chi connectivity index (χ4n) is 3.96. The average molecular weight is 489 g/mol. The summed E-state index contributed by atoms with van der Waals surface area (Å²) >= 11 is 6.27. The van der Waals surface area contributed by atoms with Crippen LogP contribution >= 0.6 is 11.6 Å². The number of nitrogens with zero attached hydrogens (tertiary/aromatic N) is 3. The molecule has 1 aromatic heterocycles. The summed E-state index contributed by atoms with van der Waals surface area (Å²) < 4.78 is 34.5. The van der Waals surface area contributed by atoms with E-state index in [0.29, 0.717) is 17.3 Å². The minimum absolute atomic E-state index is 0.0420. The van der Waals surface area contributed by atoms with Gasteiger partial charge < -0.3 is 10.1 Å². The molecule has 0 spiro atoms. The van der Waals surface area contributed by atoms with Crippen molar-refractivity contribution in [2.75, 3.05) is 23.8 Å². The molecule has 0 saturated heterocycles. The first-order valence-electron chi connectivity index (χ1n) is 10.6. The van der Waals surface area contributed by atoms with Gasteiger partial charge in [0.2, 0.25) is 0 Å². The molecule has 8 nitrogen and oxygen atoms in total. The molecular weight excluding hydrogens is 464 g/mol. The highest BCUT2D eigenvalue weighted by molar-refractivity contribution is 7.92. The van der Waals surface area contributed by atoms with Gasteiger partial charge in [-0.05, 0) is 55.3 Å². The van der Waals surface area contributed by atoms with E-state index < -0.39 is 15.9 Å². The molecule has 3 aromatic rings. The molecule has 1 amide bonds. The number of carbonyl (C=O) groups is 1. The van der Waals surface area contributed by atoms with Gasteiger partial charge in [0.05, 0.1) is 40.5 Å². The standard InChI is InChI=1S/C23H25ClN4O4S/c1-27(16-7-9-18(32-2)10-8-16)33(30,31)19-11-12-21(24)20(15-19)23(29)26-22-13-14-25-28(22)17-5-3-4-6-17/h7-15,17H,3-6H2,1-2H3,(H,26,29). The van der Waals surface area contributed by atoms with Crippen LogP contribution < -0.4 is 14.4 Å². The lowest BCUT2D eigenvalue weighted by molar-refractivity contribution is 0.102. The van der Waals surface area contributed by atoms with Gasteiger partial charge in [0.1, 0.15) is 11.6 Å². The van der Waals surface area contributed by atoms with Crippen molar-refractivity contribution in [1.82, 2.24) is 9.78 Å². The Balaban J connectivity index is 1.59. The zero-order valence-corrected chi connectivity index (χ0v) is 19.9. The van der Waals surface area contributed by atoms with Crippen molar-refractivity contribution >= 4 is 39.0 Å². The minimum atomic E-state index is -3.93. The molecule has 0 unspecified atom stereocenters. The van der Waals surface area contributed by atoms with Crippen LogP contribution in [0.25, 0.3) is 0 Å². The van der Waals surface area contributed by atoms with Crippen molar-refractivity contribution < 1.29 is 17.9 Å². The summed E-state index contributed by atoms with van der Waals surface area (Å²) in [5, 5.41) is 7.34. The number of amides is 1. The van der Waals surface area contributed by atoms with Crippen molar-refractivity contribution in [1.29, 1.82) is 0 Å². The summed E-state index contributed by atoms with van der Waals surface area (Å²) in [6.07, 6.45) is 5.92. The lowest BCUT2D eigenvalue weighted by Crippen LogP contribution is -2.27. The van der Waals surface area contributed by atoms with Crippen molar-refractivity contribution in [3.63, 3.8) is 0 Å². The maximum Gasteiger partial charge on any atom is 0.264 e. The number of rotatable bonds is 7. The maximum absolute atomic E-state index is 13.2. The average Bonchev–Trinajstić information content (AvgIpc) is 3.50. The van der Waals surface area contributed by atoms with Crippen molar-refractivity contribution in [2.45, 2.75) is 36.6 Å². The number of halogens is 1. The summed E-state index contributed by atoms with van der Waals surface area (Å²) in [4.78, 5) is 13.0. The Bertz CT molecular complexity index is 1250. The SMILES string of the molecule is COc1ccc(N(C)S(=O)(=O)c2ccc(Cl)c(C(=O)Nc3ccnn3C3CCCC3)c2)cc1. The maximum atomic E-state index is 13.2. The summed E-state index contributed by atoms with van der Waals surface area (Å²) in [7, 11) is -0.943. The molecule has 10 heteroatoms. The number of nitrogens with one attached hydrogen (secondary N) is 1. The first kappa shape index (κ1) is 23.1. The number of benzene rings is 2. The molecule has 1 aliphatic carbocycles. The Morgan fingerprint density at radius 1 is 1.15 bits per heavy atom. The van der Waals surface area contributed by atoms with Gasteiger partial charge in [-0.2, -0.15) is 5.10 Å². The summed E-state index contributed by atoms with van der Waals surface area (Å²) in [6, 6.07) is 12.7. The Labute approximate surface area is 198 Å². The van der Waals surface area contributed by atoms with Gasteiger partial charge in [0.15, 0.2) is 0 Å². The number of hydrogen-bond acceptors (Lipinski definition) is 5. The van der Waals surface area contributed by atoms with E-state index in [2.05, 4.69) is 10.4 Å². The normalized spacial score (nSPS) is 14.3. The van der Waals surface area contributed by atoms with Crippen LogP contribution in [0.5, 0.6) is 5.75 Å². The van der Waals surface area contributed by atoms with Crippen LogP contribution in [0.4, 0.5) is 11.5 Å². The molecule has 2 aromatic carbocycles. The molecular formula is C23H25ClN4O4S. The van der Waals surface area contributed by atoms with Gasteiger partial charge in [-0.15, -0.1) is 0 Å². The number of anilines is 2. The summed E-state index contributed by atoms with van der Waals surface area (Å²) in [6.45, 7) is 0. The van der Waals surface area contributed by atoms with Crippen LogP contribution in [0, 0.1) is 0 Å². The molecule has 1 saturated carbocycles. The van der Waals surface area contributed by atoms with E-state index in [-0.39, 0.29) is 21.5 Å². The highest BCUT2D eigenvalue weighted by Crippen LogP contribution is 2.32. The second-order valence-electron chi connectivity index (χ2n) is 7.87. The van der Waals surface area contributed by atoms with Crippen LogP contribution in [0.3, 0.4) is 0 Å². The van der Waals surface area contributed by atoms with Crippen molar-refractivity contribution in [2.24, 2.45) is 0 Å². The fraction of sp³-hybridized carbons (Fsp3) is 0.304. The topological polar surface area (TPSA) is 93.5 Å². The van der Waals surface area contributed by atoms with Gasteiger partial charge in [-0.3, -0.25) is 9.10 Å². The van der Waals surface area contributed by atoms with E-state index >= 15 is 0 Å². The van der Waals surface area contributed by atoms with Crippen LogP contribution in [-0.4, -0.2) is 38.3 Å². The molecule has 33 heavy (non-hydrogen) atoms. The smallest absolute Gasteiger partial charge is 0.264 e. The quantitative estimate of drug-likeness (QED) is 0.518. The first-order chi connectivity index (χ1) is 15.8. The van der Waals surface area contributed by atoms with Gasteiger partial charge in [-0.1, -0.05) is 24.4 Å². The van der Waals surface area contributed by atoms with Crippen LogP contribution in [0.1, 0.15) is 42.1 Å². The van der Waals surface area contributed by atoms with E-state index in [0.717, 1.165) is 30.0 Å². The third-order valence-electron chi connectivity index (χ3n) is 5.86. The largest absolute Gasteiger partial charge is 0.497 e. The molecule has 174 valence electrons. The van der Waals surface area contributed by atoms with Crippen molar-refractivity contribution in [3.05, 3.63) is 65.3 Å². The number of methoxy groups -OCH3 is 1. The number of aromatic nitrogens is 2. The minimum Gasteiger partial charge on any atom is -0.497 e.